The Labute approximate surface area is 188 Å². The van der Waals surface area contributed by atoms with E-state index < -0.39 is 10.0 Å². The molecule has 2 aromatic rings. The normalized spacial score (nSPS) is 19.0. The molecule has 0 saturated carbocycles. The van der Waals surface area contributed by atoms with E-state index in [2.05, 4.69) is 5.16 Å². The Kier molecular flexibility index (Phi) is 6.78. The molecule has 32 heavy (non-hydrogen) atoms. The smallest absolute Gasteiger partial charge is 0.248 e. The molecule has 3 heterocycles. The van der Waals surface area contributed by atoms with Gasteiger partial charge in [-0.3, -0.25) is 4.79 Å². The van der Waals surface area contributed by atoms with E-state index in [0.717, 1.165) is 11.1 Å². The molecule has 0 unspecified atom stereocenters. The second-order valence-electron chi connectivity index (χ2n) is 8.32. The van der Waals surface area contributed by atoms with Crippen LogP contribution in [0.5, 0.6) is 0 Å². The fraction of sp³-hybridized carbons (Fsp3) is 0.478. The Morgan fingerprint density at radius 1 is 1.03 bits per heavy atom. The molecule has 0 radical (unpaired) electrons. The summed E-state index contributed by atoms with van der Waals surface area (Å²) in [5.74, 6) is 0.173. The van der Waals surface area contributed by atoms with E-state index in [0.29, 0.717) is 57.9 Å². The van der Waals surface area contributed by atoms with Crippen LogP contribution in [0.1, 0.15) is 35.4 Å². The number of hydrogen-bond acceptors (Lipinski definition) is 6. The zero-order chi connectivity index (χ0) is 22.7. The molecule has 4 rings (SSSR count). The van der Waals surface area contributed by atoms with Gasteiger partial charge in [0.15, 0.2) is 10.7 Å². The first-order valence-corrected chi connectivity index (χ1v) is 12.4. The molecule has 0 N–H and O–H groups in total. The summed E-state index contributed by atoms with van der Waals surface area (Å²) in [4.78, 5) is 14.7. The Balaban J connectivity index is 1.46. The van der Waals surface area contributed by atoms with Crippen molar-refractivity contribution in [1.82, 2.24) is 14.4 Å². The topological polar surface area (TPSA) is 93.0 Å². The predicted octanol–water partition coefficient (Wildman–Crippen LogP) is 2.72. The molecule has 1 amide bonds. The van der Waals surface area contributed by atoms with Crippen molar-refractivity contribution >= 4 is 28.1 Å². The van der Waals surface area contributed by atoms with Gasteiger partial charge in [-0.2, -0.15) is 4.31 Å². The Morgan fingerprint density at radius 2 is 1.69 bits per heavy atom. The van der Waals surface area contributed by atoms with Gasteiger partial charge in [0.1, 0.15) is 5.69 Å². The molecule has 2 fully saturated rings. The third-order valence-electron chi connectivity index (χ3n) is 6.06. The highest BCUT2D eigenvalue weighted by Gasteiger charge is 2.37. The van der Waals surface area contributed by atoms with E-state index in [1.807, 2.05) is 42.2 Å². The number of rotatable bonds is 5. The summed E-state index contributed by atoms with van der Waals surface area (Å²) in [6.07, 6.45) is 4.47. The van der Waals surface area contributed by atoms with Crippen LogP contribution in [-0.2, 0) is 19.6 Å². The van der Waals surface area contributed by atoms with E-state index >= 15 is 0 Å². The summed E-state index contributed by atoms with van der Waals surface area (Å²) in [6.45, 7) is 6.57. The fourth-order valence-electron chi connectivity index (χ4n) is 4.16. The number of ether oxygens (including phenoxy) is 1. The summed E-state index contributed by atoms with van der Waals surface area (Å²) in [6, 6.07) is 7.90. The molecule has 9 heteroatoms. The van der Waals surface area contributed by atoms with Crippen LogP contribution < -0.4 is 0 Å². The van der Waals surface area contributed by atoms with Crippen molar-refractivity contribution < 1.29 is 22.5 Å². The van der Waals surface area contributed by atoms with Crippen LogP contribution in [0.2, 0.25) is 0 Å². The lowest BCUT2D eigenvalue weighted by Gasteiger charge is -2.35. The largest absolute Gasteiger partial charge is 0.378 e. The van der Waals surface area contributed by atoms with Crippen LogP contribution in [0.4, 0.5) is 0 Å². The summed E-state index contributed by atoms with van der Waals surface area (Å²) < 4.78 is 38.9. The van der Waals surface area contributed by atoms with Gasteiger partial charge in [-0.25, -0.2) is 8.42 Å². The molecule has 0 bridgehead atoms. The number of carbonyl (C=O) groups excluding carboxylic acids is 1. The lowest BCUT2D eigenvalue weighted by Crippen LogP contribution is -2.47. The zero-order valence-electron chi connectivity index (χ0n) is 18.5. The summed E-state index contributed by atoms with van der Waals surface area (Å²) in [5, 5.41) is 3.90. The van der Waals surface area contributed by atoms with E-state index in [9.17, 15) is 13.2 Å². The van der Waals surface area contributed by atoms with Gasteiger partial charge >= 0.3 is 0 Å². The molecular weight excluding hydrogens is 430 g/mol. The average Bonchev–Trinajstić information content (AvgIpc) is 3.20. The molecule has 2 aliphatic rings. The molecule has 0 atom stereocenters. The van der Waals surface area contributed by atoms with Crippen molar-refractivity contribution in [2.24, 2.45) is 5.92 Å². The molecule has 0 aliphatic carbocycles. The molecule has 8 nitrogen and oxygen atoms in total. The highest BCUT2D eigenvalue weighted by molar-refractivity contribution is 7.89. The Morgan fingerprint density at radius 3 is 2.34 bits per heavy atom. The SMILES string of the molecule is Cc1ccc(/C=C/c2onc(C)c2S(=O)(=O)N2CCC(C(=O)N3CCOCC3)CC2)cc1. The highest BCUT2D eigenvalue weighted by Crippen LogP contribution is 2.30. The first-order valence-electron chi connectivity index (χ1n) is 10.9. The van der Waals surface area contributed by atoms with Crippen LogP contribution in [0.15, 0.2) is 33.7 Å². The van der Waals surface area contributed by atoms with Gasteiger partial charge in [0, 0.05) is 32.1 Å². The maximum absolute atomic E-state index is 13.4. The lowest BCUT2D eigenvalue weighted by molar-refractivity contribution is -0.140. The van der Waals surface area contributed by atoms with Crippen LogP contribution in [-0.4, -0.2) is 68.1 Å². The minimum Gasteiger partial charge on any atom is -0.378 e. The van der Waals surface area contributed by atoms with Crippen LogP contribution >= 0.6 is 0 Å². The van der Waals surface area contributed by atoms with Crippen molar-refractivity contribution in [3.8, 4) is 0 Å². The summed E-state index contributed by atoms with van der Waals surface area (Å²) in [5.41, 5.74) is 2.42. The summed E-state index contributed by atoms with van der Waals surface area (Å²) >= 11 is 0. The fourth-order valence-corrected chi connectivity index (χ4v) is 5.88. The van der Waals surface area contributed by atoms with E-state index in [1.54, 1.807) is 13.0 Å². The van der Waals surface area contributed by atoms with Crippen molar-refractivity contribution in [2.45, 2.75) is 31.6 Å². The van der Waals surface area contributed by atoms with Gasteiger partial charge in [0.05, 0.1) is 13.2 Å². The van der Waals surface area contributed by atoms with Crippen LogP contribution in [0.3, 0.4) is 0 Å². The third kappa shape index (κ3) is 4.79. The predicted molar refractivity (Wildman–Crippen MR) is 120 cm³/mol. The molecular formula is C23H29N3O5S. The quantitative estimate of drug-likeness (QED) is 0.683. The van der Waals surface area contributed by atoms with Gasteiger partial charge in [-0.1, -0.05) is 41.1 Å². The molecule has 172 valence electrons. The average molecular weight is 460 g/mol. The molecule has 0 spiro atoms. The second kappa shape index (κ2) is 9.56. The number of aryl methyl sites for hydroxylation is 2. The maximum atomic E-state index is 13.4. The van der Waals surface area contributed by atoms with Crippen molar-refractivity contribution in [3.63, 3.8) is 0 Å². The van der Waals surface area contributed by atoms with Crippen LogP contribution in [0.25, 0.3) is 12.2 Å². The highest BCUT2D eigenvalue weighted by atomic mass is 32.2. The number of nitrogens with zero attached hydrogens (tertiary/aromatic N) is 3. The van der Waals surface area contributed by atoms with Crippen molar-refractivity contribution in [2.75, 3.05) is 39.4 Å². The number of sulfonamides is 1. The first-order chi connectivity index (χ1) is 15.4. The van der Waals surface area contributed by atoms with Gasteiger partial charge in [0.2, 0.25) is 15.9 Å². The molecule has 2 aliphatic heterocycles. The van der Waals surface area contributed by atoms with Gasteiger partial charge in [-0.05, 0) is 38.3 Å². The lowest BCUT2D eigenvalue weighted by atomic mass is 9.96. The standard InChI is InChI=1S/C23H29N3O5S/c1-17-3-5-19(6-4-17)7-8-21-22(18(2)24-31-21)32(28,29)26-11-9-20(10-12-26)23(27)25-13-15-30-16-14-25/h3-8,20H,9-16H2,1-2H3/b8-7+. The molecule has 1 aromatic carbocycles. The number of carbonyl (C=O) groups is 1. The Hall–Kier alpha value is -2.49. The number of aromatic nitrogens is 1. The number of morpholine rings is 1. The van der Waals surface area contributed by atoms with E-state index in [-0.39, 0.29) is 22.5 Å². The molecule has 2 saturated heterocycles. The second-order valence-corrected chi connectivity index (χ2v) is 10.2. The van der Waals surface area contributed by atoms with E-state index in [1.165, 1.54) is 4.31 Å². The number of benzene rings is 1. The van der Waals surface area contributed by atoms with Crippen molar-refractivity contribution in [3.05, 3.63) is 46.8 Å². The molecule has 1 aromatic heterocycles. The Bertz CT molecular complexity index is 1080. The monoisotopic (exact) mass is 459 g/mol. The summed E-state index contributed by atoms with van der Waals surface area (Å²) in [7, 11) is -3.78. The van der Waals surface area contributed by atoms with Crippen molar-refractivity contribution in [1.29, 1.82) is 0 Å². The van der Waals surface area contributed by atoms with Gasteiger partial charge in [0.25, 0.3) is 0 Å². The van der Waals surface area contributed by atoms with Gasteiger partial charge < -0.3 is 14.2 Å². The number of amides is 1. The zero-order valence-corrected chi connectivity index (χ0v) is 19.3. The number of hydrogen-bond donors (Lipinski definition) is 0. The van der Waals surface area contributed by atoms with E-state index in [4.69, 9.17) is 9.26 Å². The van der Waals surface area contributed by atoms with Gasteiger partial charge in [-0.15, -0.1) is 0 Å². The third-order valence-corrected chi connectivity index (χ3v) is 8.12. The number of piperidine rings is 1. The minimum atomic E-state index is -3.78. The van der Waals surface area contributed by atoms with Crippen LogP contribution in [0, 0.1) is 19.8 Å². The minimum absolute atomic E-state index is 0.0961. The maximum Gasteiger partial charge on any atom is 0.248 e. The first kappa shape index (κ1) is 22.7.